The maximum atomic E-state index is 13.8. The molecule has 0 radical (unpaired) electrons. The van der Waals surface area contributed by atoms with Crippen molar-refractivity contribution in [3.63, 3.8) is 0 Å². The van der Waals surface area contributed by atoms with Gasteiger partial charge < -0.3 is 35.2 Å². The maximum Gasteiger partial charge on any atom is 0.411 e. The van der Waals surface area contributed by atoms with Crippen molar-refractivity contribution in [2.24, 2.45) is 11.7 Å². The molecule has 8 rings (SSSR count). The lowest BCUT2D eigenvalue weighted by Crippen LogP contribution is -2.65. The normalized spacial score (nSPS) is 17.7. The first-order valence-corrected chi connectivity index (χ1v) is 26.3. The monoisotopic (exact) mass is 1030 g/mol. The average molecular weight is 1030 g/mol. The number of amides is 4. The van der Waals surface area contributed by atoms with Crippen molar-refractivity contribution in [1.82, 2.24) is 19.6 Å². The molecule has 0 bridgehead atoms. The molecule has 402 valence electrons. The van der Waals surface area contributed by atoms with Gasteiger partial charge in [-0.2, -0.15) is 0 Å². The van der Waals surface area contributed by atoms with Crippen LogP contribution < -0.4 is 5.73 Å². The molecule has 76 heavy (non-hydrogen) atoms. The zero-order valence-electron chi connectivity index (χ0n) is 45.0. The number of carbonyl (C=O) groups is 4. The highest BCUT2D eigenvalue weighted by molar-refractivity contribution is 5.88. The fourth-order valence-electron chi connectivity index (χ4n) is 9.68. The molecule has 0 unspecified atom stereocenters. The predicted octanol–water partition coefficient (Wildman–Crippen LogP) is 10.0. The summed E-state index contributed by atoms with van der Waals surface area (Å²) >= 11 is 0. The summed E-state index contributed by atoms with van der Waals surface area (Å²) in [5.41, 5.74) is 13.4. The predicted molar refractivity (Wildman–Crippen MR) is 300 cm³/mol. The van der Waals surface area contributed by atoms with E-state index in [-0.39, 0.29) is 25.7 Å². The standard InChI is InChI=1S/C32H38N2O4.C31H37N3O4.H2/c1-23(20-25-14-11-17-27(21-25)26-15-9-6-10-16-26)29(35)28-30(36)33(22-24-12-7-5-8-13-24)18-19-34(28)31(37)38-32(2,3)4;1-31(2,3)38-30(37)34-18-17-33(21-22-11-6-4-7-12-22)29(36)27(34)28(35)26(32)20-23-13-10-16-25(19-23)24-14-8-5-9-15-24;/h5-17,21,23,28-29,35H,18-20,22H2,1-4H3;4-16,19,26-28,35H,17-18,20-21,32H2,1-3H3;1H/t23-,28-,29-;26-,27-,28-;/m00./s1. The smallest absolute Gasteiger partial charge is 0.411 e. The molecular weight excluding hydrogens is 955 g/mol. The van der Waals surface area contributed by atoms with E-state index in [1.165, 1.54) is 9.80 Å². The topological polar surface area (TPSA) is 166 Å². The van der Waals surface area contributed by atoms with E-state index in [2.05, 4.69) is 24.3 Å². The second-order valence-electron chi connectivity index (χ2n) is 21.9. The molecule has 0 saturated carbocycles. The molecule has 4 N–H and O–H groups in total. The van der Waals surface area contributed by atoms with Crippen molar-refractivity contribution in [3.8, 4) is 22.3 Å². The number of nitrogens with two attached hydrogens (primary N) is 1. The molecule has 0 spiro atoms. The van der Waals surface area contributed by atoms with E-state index in [4.69, 9.17) is 15.2 Å². The van der Waals surface area contributed by atoms with Gasteiger partial charge in [0.15, 0.2) is 0 Å². The second-order valence-corrected chi connectivity index (χ2v) is 21.9. The van der Waals surface area contributed by atoms with Gasteiger partial charge in [-0.15, -0.1) is 0 Å². The fraction of sp³-hybridized carbons (Fsp3) is 0.365. The van der Waals surface area contributed by atoms with E-state index in [1.807, 2.05) is 153 Å². The van der Waals surface area contributed by atoms with E-state index in [0.717, 1.165) is 44.5 Å². The first-order chi connectivity index (χ1) is 36.2. The highest BCUT2D eigenvalue weighted by Gasteiger charge is 2.46. The third kappa shape index (κ3) is 15.4. The number of piperazine rings is 2. The summed E-state index contributed by atoms with van der Waals surface area (Å²) in [6, 6.07) is 52.8. The summed E-state index contributed by atoms with van der Waals surface area (Å²) < 4.78 is 11.2. The van der Waals surface area contributed by atoms with Crippen molar-refractivity contribution >= 4 is 24.0 Å². The minimum Gasteiger partial charge on any atom is -0.444 e. The minimum absolute atomic E-state index is 0. The van der Waals surface area contributed by atoms with Crippen LogP contribution in [0.25, 0.3) is 22.3 Å². The molecule has 2 saturated heterocycles. The Hall–Kier alpha value is -7.32. The molecular formula is C63H77N5O8. The van der Waals surface area contributed by atoms with Crippen molar-refractivity contribution in [1.29, 1.82) is 0 Å². The van der Waals surface area contributed by atoms with Gasteiger partial charge in [0.25, 0.3) is 0 Å². The summed E-state index contributed by atoms with van der Waals surface area (Å²) in [4.78, 5) is 59.9. The Balaban J connectivity index is 0.000000246. The summed E-state index contributed by atoms with van der Waals surface area (Å²) in [6.45, 7) is 14.7. The van der Waals surface area contributed by atoms with Gasteiger partial charge in [-0.05, 0) is 105 Å². The zero-order valence-corrected chi connectivity index (χ0v) is 45.0. The van der Waals surface area contributed by atoms with Gasteiger partial charge in [0, 0.05) is 46.7 Å². The van der Waals surface area contributed by atoms with Crippen molar-refractivity contribution in [2.75, 3.05) is 26.2 Å². The van der Waals surface area contributed by atoms with Crippen LogP contribution in [0.5, 0.6) is 0 Å². The fourth-order valence-corrected chi connectivity index (χ4v) is 9.68. The lowest BCUT2D eigenvalue weighted by Gasteiger charge is -2.43. The Morgan fingerprint density at radius 1 is 0.513 bits per heavy atom. The van der Waals surface area contributed by atoms with Gasteiger partial charge in [0.1, 0.15) is 23.3 Å². The third-order valence-electron chi connectivity index (χ3n) is 13.5. The van der Waals surface area contributed by atoms with Gasteiger partial charge in [-0.3, -0.25) is 19.4 Å². The van der Waals surface area contributed by atoms with Crippen molar-refractivity contribution < 1.29 is 40.3 Å². The molecule has 0 aromatic heterocycles. The van der Waals surface area contributed by atoms with Crippen LogP contribution in [-0.2, 0) is 45.0 Å². The lowest BCUT2D eigenvalue weighted by atomic mass is 9.88. The number of carbonyl (C=O) groups excluding carboxylic acids is 4. The molecule has 0 aliphatic carbocycles. The molecule has 2 aliphatic heterocycles. The highest BCUT2D eigenvalue weighted by Crippen LogP contribution is 2.29. The molecule has 6 aromatic rings. The average Bonchev–Trinajstić information content (AvgIpc) is 3.41. The van der Waals surface area contributed by atoms with Gasteiger partial charge >= 0.3 is 12.2 Å². The Morgan fingerprint density at radius 3 is 1.25 bits per heavy atom. The third-order valence-corrected chi connectivity index (χ3v) is 13.5. The van der Waals surface area contributed by atoms with Crippen LogP contribution >= 0.6 is 0 Å². The van der Waals surface area contributed by atoms with Crippen LogP contribution in [0.4, 0.5) is 9.59 Å². The molecule has 4 amide bonds. The van der Waals surface area contributed by atoms with Gasteiger partial charge in [0.2, 0.25) is 11.8 Å². The van der Waals surface area contributed by atoms with Gasteiger partial charge in [-0.25, -0.2) is 9.59 Å². The molecule has 13 heteroatoms. The van der Waals surface area contributed by atoms with E-state index in [0.29, 0.717) is 45.6 Å². The number of benzene rings is 6. The SMILES string of the molecule is CC(C)(C)OC(=O)N1CCN(Cc2ccccc2)C(=O)[C@@H]1[C@@H](O)[C@@H](N)Cc1cccc(-c2ccccc2)c1.C[C@@H](Cc1cccc(-c2ccccc2)c1)[C@H](O)[C@H]1C(=O)N(Cc2ccccc2)CCN1C(=O)OC(C)(C)C.[HH]. The minimum atomic E-state index is -1.28. The van der Waals surface area contributed by atoms with E-state index in [9.17, 15) is 29.4 Å². The second kappa shape index (κ2) is 25.5. The molecule has 2 heterocycles. The Kier molecular flexibility index (Phi) is 18.9. The van der Waals surface area contributed by atoms with E-state index in [1.54, 1.807) is 51.3 Å². The maximum absolute atomic E-state index is 13.8. The van der Waals surface area contributed by atoms with E-state index >= 15 is 0 Å². The molecule has 2 fully saturated rings. The molecule has 2 aliphatic rings. The van der Waals surface area contributed by atoms with Crippen molar-refractivity contribution in [3.05, 3.63) is 192 Å². The van der Waals surface area contributed by atoms with Gasteiger partial charge in [-0.1, -0.05) is 177 Å². The van der Waals surface area contributed by atoms with Crippen LogP contribution in [0.1, 0.15) is 72.1 Å². The number of ether oxygens (including phenoxy) is 2. The first-order valence-electron chi connectivity index (χ1n) is 26.3. The molecule has 6 aromatic carbocycles. The van der Waals surface area contributed by atoms with Crippen LogP contribution in [0.15, 0.2) is 170 Å². The summed E-state index contributed by atoms with van der Waals surface area (Å²) in [7, 11) is 0. The zero-order chi connectivity index (χ0) is 54.6. The Morgan fingerprint density at radius 2 is 0.855 bits per heavy atom. The largest absolute Gasteiger partial charge is 0.444 e. The number of aliphatic hydroxyl groups is 2. The van der Waals surface area contributed by atoms with E-state index < -0.39 is 53.7 Å². The Bertz CT molecular complexity index is 2650. The van der Waals surface area contributed by atoms with Crippen molar-refractivity contribution in [2.45, 2.75) is 116 Å². The van der Waals surface area contributed by atoms with Crippen LogP contribution in [0.3, 0.4) is 0 Å². The Labute approximate surface area is 450 Å². The molecule has 6 atom stereocenters. The number of nitrogens with zero attached hydrogens (tertiary/aromatic N) is 4. The number of aliphatic hydroxyl groups excluding tert-OH is 2. The van der Waals surface area contributed by atoms with Crippen LogP contribution in [0.2, 0.25) is 0 Å². The number of rotatable bonds is 14. The van der Waals surface area contributed by atoms with Gasteiger partial charge in [0.05, 0.1) is 12.2 Å². The van der Waals surface area contributed by atoms with Crippen LogP contribution in [0, 0.1) is 5.92 Å². The summed E-state index contributed by atoms with van der Waals surface area (Å²) in [5, 5.41) is 23.0. The molecule has 13 nitrogen and oxygen atoms in total. The quantitative estimate of drug-likeness (QED) is 0.0963. The highest BCUT2D eigenvalue weighted by atomic mass is 16.6. The summed E-state index contributed by atoms with van der Waals surface area (Å²) in [5.74, 6) is -0.883. The first kappa shape index (κ1) is 56.4. The number of hydrogen-bond acceptors (Lipinski definition) is 9. The lowest BCUT2D eigenvalue weighted by molar-refractivity contribution is -0.149. The number of hydrogen-bond donors (Lipinski definition) is 3. The van der Waals surface area contributed by atoms with Crippen LogP contribution in [-0.4, -0.2) is 122 Å². The summed E-state index contributed by atoms with van der Waals surface area (Å²) in [6.07, 6.45) is -2.65.